The highest BCUT2D eigenvalue weighted by Crippen LogP contribution is 2.35. The first kappa shape index (κ1) is 23.8. The van der Waals surface area contributed by atoms with Crippen molar-refractivity contribution in [3.8, 4) is 0 Å². The number of thioether (sulfide) groups is 2. The average molecular weight is 436 g/mol. The third-order valence-corrected chi connectivity index (χ3v) is 6.79. The molecule has 160 valence electrons. The Morgan fingerprint density at radius 3 is 2.59 bits per heavy atom. The van der Waals surface area contributed by atoms with Crippen LogP contribution in [-0.2, 0) is 10.5 Å². The van der Waals surface area contributed by atoms with Gasteiger partial charge in [-0.05, 0) is 44.4 Å². The predicted molar refractivity (Wildman–Crippen MR) is 128 cm³/mol. The number of nitrogens with one attached hydrogen (secondary N) is 1. The van der Waals surface area contributed by atoms with Gasteiger partial charge in [-0.25, -0.2) is 4.79 Å². The van der Waals surface area contributed by atoms with Crippen LogP contribution in [0, 0.1) is 5.92 Å². The summed E-state index contributed by atoms with van der Waals surface area (Å²) in [6.45, 7) is 11.6. The Morgan fingerprint density at radius 2 is 1.97 bits per heavy atom. The second-order valence-corrected chi connectivity index (χ2v) is 10.4. The summed E-state index contributed by atoms with van der Waals surface area (Å²) in [7, 11) is 0. The molecule has 1 aromatic carbocycles. The standard InChI is InChI=1S/C22H33N3O2S2/c1-15(2)27-22(26)24-19-12-11-18(20(13-19)29-16(3)4)14-28-21(25-23-5)17-9-7-6-8-10-17/h11-13,15-17H,5-10,14H2,1-4H3,(H,24,26)/b25-21-. The minimum absolute atomic E-state index is 0.147. The van der Waals surface area contributed by atoms with Gasteiger partial charge in [0.15, 0.2) is 0 Å². The molecule has 7 heteroatoms. The summed E-state index contributed by atoms with van der Waals surface area (Å²) in [4.78, 5) is 13.1. The zero-order chi connectivity index (χ0) is 21.2. The van der Waals surface area contributed by atoms with E-state index in [0.717, 1.165) is 16.5 Å². The fourth-order valence-corrected chi connectivity index (χ4v) is 5.50. The van der Waals surface area contributed by atoms with Crippen molar-refractivity contribution in [1.29, 1.82) is 0 Å². The van der Waals surface area contributed by atoms with Gasteiger partial charge >= 0.3 is 6.09 Å². The number of ether oxygens (including phenoxy) is 1. The molecular formula is C22H33N3O2S2. The summed E-state index contributed by atoms with van der Waals surface area (Å²) in [5.74, 6) is 1.34. The minimum Gasteiger partial charge on any atom is -0.447 e. The lowest BCUT2D eigenvalue weighted by atomic mass is 9.90. The number of rotatable bonds is 8. The first-order valence-corrected chi connectivity index (χ1v) is 12.2. The van der Waals surface area contributed by atoms with Crippen molar-refractivity contribution in [3.63, 3.8) is 0 Å². The monoisotopic (exact) mass is 435 g/mol. The van der Waals surface area contributed by atoms with E-state index in [4.69, 9.17) is 4.74 Å². The van der Waals surface area contributed by atoms with Gasteiger partial charge in [-0.3, -0.25) is 5.32 Å². The second kappa shape index (κ2) is 12.3. The summed E-state index contributed by atoms with van der Waals surface area (Å²) in [6, 6.07) is 6.05. The van der Waals surface area contributed by atoms with E-state index in [2.05, 4.69) is 42.2 Å². The van der Waals surface area contributed by atoms with Gasteiger partial charge in [0.1, 0.15) is 0 Å². The molecule has 5 nitrogen and oxygen atoms in total. The Labute approximate surface area is 183 Å². The maximum atomic E-state index is 11.9. The average Bonchev–Trinajstić information content (AvgIpc) is 2.66. The molecule has 1 aliphatic carbocycles. The molecule has 0 aliphatic heterocycles. The van der Waals surface area contributed by atoms with Gasteiger partial charge in [-0.15, -0.1) is 28.6 Å². The lowest BCUT2D eigenvalue weighted by Gasteiger charge is -2.22. The van der Waals surface area contributed by atoms with E-state index in [-0.39, 0.29) is 6.10 Å². The number of anilines is 1. The first-order chi connectivity index (χ1) is 13.9. The van der Waals surface area contributed by atoms with Crippen molar-refractivity contribution in [2.75, 3.05) is 5.32 Å². The van der Waals surface area contributed by atoms with Gasteiger partial charge in [0, 0.05) is 34.2 Å². The van der Waals surface area contributed by atoms with Crippen molar-refractivity contribution in [2.24, 2.45) is 16.1 Å². The van der Waals surface area contributed by atoms with Crippen molar-refractivity contribution >= 4 is 47.1 Å². The van der Waals surface area contributed by atoms with Crippen LogP contribution in [0.25, 0.3) is 0 Å². The normalized spacial score (nSPS) is 15.6. The van der Waals surface area contributed by atoms with Crippen LogP contribution in [0.5, 0.6) is 0 Å². The molecular weight excluding hydrogens is 402 g/mol. The van der Waals surface area contributed by atoms with Crippen LogP contribution in [0.3, 0.4) is 0 Å². The zero-order valence-electron chi connectivity index (χ0n) is 17.9. The molecule has 29 heavy (non-hydrogen) atoms. The smallest absolute Gasteiger partial charge is 0.411 e. The number of carbonyl (C=O) groups excluding carboxylic acids is 1. The maximum absolute atomic E-state index is 11.9. The number of amides is 1. The van der Waals surface area contributed by atoms with Crippen molar-refractivity contribution in [3.05, 3.63) is 23.8 Å². The highest BCUT2D eigenvalue weighted by molar-refractivity contribution is 8.13. The third kappa shape index (κ3) is 8.42. The fraction of sp³-hybridized carbons (Fsp3) is 0.591. The highest BCUT2D eigenvalue weighted by Gasteiger charge is 2.21. The maximum Gasteiger partial charge on any atom is 0.411 e. The highest BCUT2D eigenvalue weighted by atomic mass is 32.2. The molecule has 0 atom stereocenters. The Kier molecular flexibility index (Phi) is 10.1. The Hall–Kier alpha value is -1.47. The molecule has 1 N–H and O–H groups in total. The molecule has 1 fully saturated rings. The SMILES string of the molecule is C=N/N=C(\SCc1ccc(NC(=O)OC(C)C)cc1SC(C)C)C1CCCCC1. The topological polar surface area (TPSA) is 63.0 Å². The van der Waals surface area contributed by atoms with E-state index >= 15 is 0 Å². The predicted octanol–water partition coefficient (Wildman–Crippen LogP) is 6.97. The van der Waals surface area contributed by atoms with E-state index in [9.17, 15) is 4.79 Å². The molecule has 0 unspecified atom stereocenters. The summed E-state index contributed by atoms with van der Waals surface area (Å²) in [6.07, 6.45) is 5.66. The van der Waals surface area contributed by atoms with Crippen molar-refractivity contribution in [2.45, 2.75) is 81.8 Å². The zero-order valence-corrected chi connectivity index (χ0v) is 19.6. The summed E-state index contributed by atoms with van der Waals surface area (Å²) < 4.78 is 5.19. The van der Waals surface area contributed by atoms with Crippen molar-refractivity contribution < 1.29 is 9.53 Å². The van der Waals surface area contributed by atoms with E-state index in [0.29, 0.717) is 11.2 Å². The van der Waals surface area contributed by atoms with Crippen LogP contribution in [0.4, 0.5) is 10.5 Å². The summed E-state index contributed by atoms with van der Waals surface area (Å²) in [5.41, 5.74) is 1.99. The molecule has 1 aliphatic rings. The third-order valence-electron chi connectivity index (χ3n) is 4.52. The number of carbonyl (C=O) groups is 1. The quantitative estimate of drug-likeness (QED) is 0.207. The van der Waals surface area contributed by atoms with Crippen LogP contribution in [-0.4, -0.2) is 29.2 Å². The largest absolute Gasteiger partial charge is 0.447 e. The Bertz CT molecular complexity index is 714. The number of nitrogens with zero attached hydrogens (tertiary/aromatic N) is 2. The van der Waals surface area contributed by atoms with Crippen LogP contribution >= 0.6 is 23.5 Å². The number of hydrogen-bond acceptors (Lipinski definition) is 6. The Morgan fingerprint density at radius 1 is 1.24 bits per heavy atom. The molecule has 0 radical (unpaired) electrons. The number of hydrogen-bond donors (Lipinski definition) is 1. The molecule has 0 bridgehead atoms. The molecule has 0 aromatic heterocycles. The lowest BCUT2D eigenvalue weighted by molar-refractivity contribution is 0.130. The molecule has 1 aromatic rings. The van der Waals surface area contributed by atoms with Crippen molar-refractivity contribution in [1.82, 2.24) is 0 Å². The first-order valence-electron chi connectivity index (χ1n) is 10.3. The van der Waals surface area contributed by atoms with Crippen LogP contribution in [0.2, 0.25) is 0 Å². The van der Waals surface area contributed by atoms with Gasteiger partial charge in [0.05, 0.1) is 11.1 Å². The van der Waals surface area contributed by atoms with Gasteiger partial charge in [-0.2, -0.15) is 5.10 Å². The minimum atomic E-state index is -0.425. The van der Waals surface area contributed by atoms with Gasteiger partial charge < -0.3 is 4.74 Å². The summed E-state index contributed by atoms with van der Waals surface area (Å²) >= 11 is 3.57. The van der Waals surface area contributed by atoms with Crippen LogP contribution in [0.15, 0.2) is 33.3 Å². The molecule has 2 rings (SSSR count). The van der Waals surface area contributed by atoms with E-state index in [1.165, 1.54) is 42.6 Å². The number of benzene rings is 1. The molecule has 0 spiro atoms. The van der Waals surface area contributed by atoms with Crippen LogP contribution < -0.4 is 5.32 Å². The molecule has 0 heterocycles. The molecule has 1 amide bonds. The van der Waals surface area contributed by atoms with E-state index in [1.54, 1.807) is 23.5 Å². The second-order valence-electron chi connectivity index (χ2n) is 7.77. The van der Waals surface area contributed by atoms with E-state index in [1.807, 2.05) is 26.0 Å². The van der Waals surface area contributed by atoms with E-state index < -0.39 is 6.09 Å². The lowest BCUT2D eigenvalue weighted by Crippen LogP contribution is -2.18. The fourth-order valence-electron chi connectivity index (χ4n) is 3.28. The molecule has 0 saturated heterocycles. The molecule has 1 saturated carbocycles. The Balaban J connectivity index is 2.12. The summed E-state index contributed by atoms with van der Waals surface area (Å²) in [5, 5.41) is 12.5. The van der Waals surface area contributed by atoms with Gasteiger partial charge in [-0.1, -0.05) is 39.2 Å². The van der Waals surface area contributed by atoms with Crippen LogP contribution in [0.1, 0.15) is 65.4 Å². The van der Waals surface area contributed by atoms with Gasteiger partial charge in [0.2, 0.25) is 0 Å². The van der Waals surface area contributed by atoms with Gasteiger partial charge in [0.25, 0.3) is 0 Å².